The number of piperidine rings is 1. The van der Waals surface area contributed by atoms with E-state index in [-0.39, 0.29) is 5.82 Å². The van der Waals surface area contributed by atoms with E-state index in [0.29, 0.717) is 17.9 Å². The van der Waals surface area contributed by atoms with Crippen LogP contribution in [0.5, 0.6) is 0 Å². The maximum atomic E-state index is 13.9. The van der Waals surface area contributed by atoms with Gasteiger partial charge in [0.1, 0.15) is 5.82 Å². The van der Waals surface area contributed by atoms with Gasteiger partial charge >= 0.3 is 0 Å². The average molecular weight is 361 g/mol. The minimum absolute atomic E-state index is 0.158. The van der Waals surface area contributed by atoms with Gasteiger partial charge in [0.2, 0.25) is 0 Å². The molecule has 0 amide bonds. The SMILES string of the molecule is Fc1ccccc1Cc1cccc(C2CCN(Cc3ccncc3)CC2)n1. The van der Waals surface area contributed by atoms with Crippen molar-refractivity contribution in [3.8, 4) is 0 Å². The first-order valence-electron chi connectivity index (χ1n) is 9.58. The van der Waals surface area contributed by atoms with Gasteiger partial charge in [-0.1, -0.05) is 24.3 Å². The highest BCUT2D eigenvalue weighted by Crippen LogP contribution is 2.28. The van der Waals surface area contributed by atoms with Crippen LogP contribution in [0.4, 0.5) is 4.39 Å². The molecule has 1 aliphatic rings. The minimum atomic E-state index is -0.158. The molecule has 1 fully saturated rings. The fourth-order valence-electron chi connectivity index (χ4n) is 3.79. The monoisotopic (exact) mass is 361 g/mol. The maximum absolute atomic E-state index is 13.9. The Morgan fingerprint density at radius 1 is 0.926 bits per heavy atom. The molecule has 0 unspecified atom stereocenters. The number of benzene rings is 1. The molecule has 1 aliphatic heterocycles. The van der Waals surface area contributed by atoms with Crippen molar-refractivity contribution in [3.05, 3.63) is 95.3 Å². The van der Waals surface area contributed by atoms with Crippen molar-refractivity contribution in [3.63, 3.8) is 0 Å². The molecule has 0 spiro atoms. The number of aromatic nitrogens is 2. The number of hydrogen-bond donors (Lipinski definition) is 0. The first kappa shape index (κ1) is 17.8. The van der Waals surface area contributed by atoms with Gasteiger partial charge in [-0.15, -0.1) is 0 Å². The summed E-state index contributed by atoms with van der Waals surface area (Å²) in [6.45, 7) is 3.13. The molecule has 2 aromatic heterocycles. The third-order valence-electron chi connectivity index (χ3n) is 5.32. The van der Waals surface area contributed by atoms with Crippen molar-refractivity contribution >= 4 is 0 Å². The van der Waals surface area contributed by atoms with Crippen LogP contribution in [0.2, 0.25) is 0 Å². The molecule has 4 rings (SSSR count). The van der Waals surface area contributed by atoms with Crippen LogP contribution in [0.15, 0.2) is 67.0 Å². The Kier molecular flexibility index (Phi) is 5.54. The Hall–Kier alpha value is -2.59. The summed E-state index contributed by atoms with van der Waals surface area (Å²) in [5.74, 6) is 0.327. The molecule has 138 valence electrons. The van der Waals surface area contributed by atoms with Crippen LogP contribution in [0.25, 0.3) is 0 Å². The van der Waals surface area contributed by atoms with Crippen LogP contribution >= 0.6 is 0 Å². The zero-order valence-electron chi connectivity index (χ0n) is 15.4. The second-order valence-corrected chi connectivity index (χ2v) is 7.23. The normalized spacial score (nSPS) is 15.7. The second kappa shape index (κ2) is 8.40. The molecule has 27 heavy (non-hydrogen) atoms. The van der Waals surface area contributed by atoms with E-state index in [1.807, 2.05) is 30.6 Å². The predicted octanol–water partition coefficient (Wildman–Crippen LogP) is 4.59. The van der Waals surface area contributed by atoms with E-state index in [1.165, 1.54) is 11.6 Å². The van der Waals surface area contributed by atoms with Gasteiger partial charge in [0.25, 0.3) is 0 Å². The average Bonchev–Trinajstić information content (AvgIpc) is 2.71. The second-order valence-electron chi connectivity index (χ2n) is 7.23. The Morgan fingerprint density at radius 2 is 1.70 bits per heavy atom. The van der Waals surface area contributed by atoms with Gasteiger partial charge in [0, 0.05) is 42.7 Å². The first-order chi connectivity index (χ1) is 13.3. The van der Waals surface area contributed by atoms with Crippen molar-refractivity contribution in [2.45, 2.75) is 31.7 Å². The van der Waals surface area contributed by atoms with Crippen LogP contribution in [0.1, 0.15) is 41.3 Å². The van der Waals surface area contributed by atoms with Gasteiger partial charge in [0.05, 0.1) is 0 Å². The lowest BCUT2D eigenvalue weighted by Crippen LogP contribution is -2.32. The summed E-state index contributed by atoms with van der Waals surface area (Å²) in [5.41, 5.74) is 4.10. The molecule has 0 radical (unpaired) electrons. The maximum Gasteiger partial charge on any atom is 0.126 e. The zero-order chi connectivity index (χ0) is 18.5. The molecule has 1 aromatic carbocycles. The molecule has 0 bridgehead atoms. The summed E-state index contributed by atoms with van der Waals surface area (Å²) in [4.78, 5) is 11.4. The van der Waals surface area contributed by atoms with Crippen molar-refractivity contribution in [2.75, 3.05) is 13.1 Å². The van der Waals surface area contributed by atoms with Gasteiger partial charge in [-0.05, 0) is 67.4 Å². The highest BCUT2D eigenvalue weighted by molar-refractivity contribution is 5.25. The summed E-state index contributed by atoms with van der Waals surface area (Å²) in [7, 11) is 0. The van der Waals surface area contributed by atoms with Crippen LogP contribution in [0.3, 0.4) is 0 Å². The lowest BCUT2D eigenvalue weighted by atomic mass is 9.92. The Labute approximate surface area is 159 Å². The quantitative estimate of drug-likeness (QED) is 0.666. The molecule has 3 aromatic rings. The van der Waals surface area contributed by atoms with E-state index in [4.69, 9.17) is 4.98 Å². The number of halogens is 1. The molecule has 0 saturated carbocycles. The van der Waals surface area contributed by atoms with E-state index in [0.717, 1.165) is 43.9 Å². The lowest BCUT2D eigenvalue weighted by Gasteiger charge is -2.31. The van der Waals surface area contributed by atoms with Crippen LogP contribution in [-0.4, -0.2) is 28.0 Å². The number of hydrogen-bond acceptors (Lipinski definition) is 3. The molecule has 3 heterocycles. The molecule has 0 aliphatic carbocycles. The summed E-state index contributed by atoms with van der Waals surface area (Å²) in [6.07, 6.45) is 6.48. The third kappa shape index (κ3) is 4.58. The van der Waals surface area contributed by atoms with E-state index in [9.17, 15) is 4.39 Å². The largest absolute Gasteiger partial charge is 0.299 e. The first-order valence-corrected chi connectivity index (χ1v) is 9.58. The number of pyridine rings is 2. The van der Waals surface area contributed by atoms with Gasteiger partial charge < -0.3 is 0 Å². The fourth-order valence-corrected chi connectivity index (χ4v) is 3.79. The third-order valence-corrected chi connectivity index (χ3v) is 5.32. The van der Waals surface area contributed by atoms with Gasteiger partial charge in [-0.2, -0.15) is 0 Å². The number of nitrogens with zero attached hydrogens (tertiary/aromatic N) is 3. The summed E-state index contributed by atoms with van der Waals surface area (Å²) < 4.78 is 13.9. The van der Waals surface area contributed by atoms with Crippen LogP contribution in [-0.2, 0) is 13.0 Å². The fraction of sp³-hybridized carbons (Fsp3) is 0.304. The van der Waals surface area contributed by atoms with Crippen molar-refractivity contribution in [1.82, 2.24) is 14.9 Å². The Bertz CT molecular complexity index is 874. The van der Waals surface area contributed by atoms with E-state index in [1.54, 1.807) is 6.07 Å². The topological polar surface area (TPSA) is 29.0 Å². The Balaban J connectivity index is 1.38. The molecular formula is C23H24FN3. The lowest BCUT2D eigenvalue weighted by molar-refractivity contribution is 0.203. The van der Waals surface area contributed by atoms with E-state index in [2.05, 4.69) is 34.1 Å². The molecular weight excluding hydrogens is 337 g/mol. The summed E-state index contributed by atoms with van der Waals surface area (Å²) in [5, 5.41) is 0. The van der Waals surface area contributed by atoms with Crippen LogP contribution in [0, 0.1) is 5.82 Å². The Morgan fingerprint density at radius 3 is 2.48 bits per heavy atom. The van der Waals surface area contributed by atoms with Gasteiger partial charge in [0.15, 0.2) is 0 Å². The van der Waals surface area contributed by atoms with Crippen LogP contribution < -0.4 is 0 Å². The van der Waals surface area contributed by atoms with Crippen molar-refractivity contribution < 1.29 is 4.39 Å². The van der Waals surface area contributed by atoms with Gasteiger partial charge in [-0.25, -0.2) is 4.39 Å². The predicted molar refractivity (Wildman–Crippen MR) is 105 cm³/mol. The molecule has 0 atom stereocenters. The summed E-state index contributed by atoms with van der Waals surface area (Å²) in [6, 6.07) is 17.3. The number of rotatable bonds is 5. The summed E-state index contributed by atoms with van der Waals surface area (Å²) >= 11 is 0. The highest BCUT2D eigenvalue weighted by atomic mass is 19.1. The molecule has 1 saturated heterocycles. The standard InChI is InChI=1S/C23H24FN3/c24-22-6-2-1-4-20(22)16-21-5-3-7-23(26-21)19-10-14-27(15-11-19)17-18-8-12-25-13-9-18/h1-9,12-13,19H,10-11,14-17H2. The van der Waals surface area contributed by atoms with E-state index >= 15 is 0 Å². The van der Waals surface area contributed by atoms with Crippen molar-refractivity contribution in [2.24, 2.45) is 0 Å². The highest BCUT2D eigenvalue weighted by Gasteiger charge is 2.21. The zero-order valence-corrected chi connectivity index (χ0v) is 15.4. The van der Waals surface area contributed by atoms with Crippen molar-refractivity contribution in [1.29, 1.82) is 0 Å². The minimum Gasteiger partial charge on any atom is -0.299 e. The van der Waals surface area contributed by atoms with E-state index < -0.39 is 0 Å². The molecule has 3 nitrogen and oxygen atoms in total. The number of likely N-dealkylation sites (tertiary alicyclic amines) is 1. The molecule has 4 heteroatoms. The smallest absolute Gasteiger partial charge is 0.126 e. The molecule has 0 N–H and O–H groups in total. The van der Waals surface area contributed by atoms with Gasteiger partial charge in [-0.3, -0.25) is 14.9 Å².